The predicted molar refractivity (Wildman–Crippen MR) is 77.7 cm³/mol. The van der Waals surface area contributed by atoms with Crippen LogP contribution in [0.1, 0.15) is 30.6 Å². The van der Waals surface area contributed by atoms with Gasteiger partial charge in [-0.15, -0.1) is 0 Å². The Morgan fingerprint density at radius 3 is 2.57 bits per heavy atom. The summed E-state index contributed by atoms with van der Waals surface area (Å²) in [6.07, 6.45) is 0.0354. The van der Waals surface area contributed by atoms with Gasteiger partial charge in [0.15, 0.2) is 0 Å². The number of nitriles is 1. The number of sulfonamides is 1. The summed E-state index contributed by atoms with van der Waals surface area (Å²) in [6.45, 7) is 3.36. The van der Waals surface area contributed by atoms with Crippen molar-refractivity contribution < 1.29 is 18.3 Å². The molecule has 0 saturated heterocycles. The molecule has 0 radical (unpaired) electrons. The van der Waals surface area contributed by atoms with Gasteiger partial charge in [-0.1, -0.05) is 11.6 Å². The van der Waals surface area contributed by atoms with E-state index in [2.05, 4.69) is 0 Å². The normalized spacial score (nSPS) is 11.6. The van der Waals surface area contributed by atoms with Gasteiger partial charge in [0.1, 0.15) is 4.90 Å². The minimum absolute atomic E-state index is 0.0180. The van der Waals surface area contributed by atoms with Crippen LogP contribution in [0.4, 0.5) is 0 Å². The van der Waals surface area contributed by atoms with Gasteiger partial charge in [0.2, 0.25) is 10.0 Å². The van der Waals surface area contributed by atoms with Crippen LogP contribution in [0.15, 0.2) is 23.1 Å². The van der Waals surface area contributed by atoms with E-state index in [-0.39, 0.29) is 34.5 Å². The zero-order chi connectivity index (χ0) is 16.2. The summed E-state index contributed by atoms with van der Waals surface area (Å²) in [5.41, 5.74) is -0.165. The fourth-order valence-electron chi connectivity index (χ4n) is 1.78. The van der Waals surface area contributed by atoms with Gasteiger partial charge in [0.25, 0.3) is 0 Å². The first-order valence-electron chi connectivity index (χ1n) is 6.13. The Bertz CT molecular complexity index is 680. The lowest BCUT2D eigenvalue weighted by Gasteiger charge is -2.25. The molecule has 0 saturated carbocycles. The average Bonchev–Trinajstić information content (AvgIpc) is 2.38. The van der Waals surface area contributed by atoms with Crippen LogP contribution in [-0.2, 0) is 10.0 Å². The maximum absolute atomic E-state index is 12.6. The molecule has 114 valence electrons. The minimum Gasteiger partial charge on any atom is -0.478 e. The van der Waals surface area contributed by atoms with Crippen LogP contribution in [0.25, 0.3) is 0 Å². The largest absolute Gasteiger partial charge is 0.478 e. The van der Waals surface area contributed by atoms with Crippen molar-refractivity contribution >= 4 is 27.6 Å². The van der Waals surface area contributed by atoms with Gasteiger partial charge in [-0.2, -0.15) is 9.57 Å². The zero-order valence-corrected chi connectivity index (χ0v) is 13.1. The van der Waals surface area contributed by atoms with Crippen molar-refractivity contribution in [1.29, 1.82) is 5.26 Å². The molecule has 0 heterocycles. The smallest absolute Gasteiger partial charge is 0.335 e. The first-order chi connectivity index (χ1) is 9.71. The van der Waals surface area contributed by atoms with Crippen LogP contribution in [0.5, 0.6) is 0 Å². The molecule has 0 aromatic heterocycles. The van der Waals surface area contributed by atoms with Gasteiger partial charge in [0, 0.05) is 19.0 Å². The molecule has 0 aliphatic rings. The summed E-state index contributed by atoms with van der Waals surface area (Å²) in [6, 6.07) is 5.01. The third-order valence-electron chi connectivity index (χ3n) is 2.78. The van der Waals surface area contributed by atoms with Crippen LogP contribution in [0.3, 0.4) is 0 Å². The molecule has 1 aromatic carbocycles. The van der Waals surface area contributed by atoms with Crippen LogP contribution < -0.4 is 0 Å². The Balaban J connectivity index is 3.37. The molecule has 0 aliphatic heterocycles. The highest BCUT2D eigenvalue weighted by molar-refractivity contribution is 7.89. The number of carboxylic acid groups (broad SMARTS) is 1. The number of halogens is 1. The summed E-state index contributed by atoms with van der Waals surface area (Å²) in [5.74, 6) is -1.24. The molecular formula is C13H15ClN2O4S. The fraction of sp³-hybridized carbons (Fsp3) is 0.385. The van der Waals surface area contributed by atoms with E-state index in [4.69, 9.17) is 22.0 Å². The van der Waals surface area contributed by atoms with Gasteiger partial charge in [-0.3, -0.25) is 0 Å². The van der Waals surface area contributed by atoms with Crippen molar-refractivity contribution in [2.24, 2.45) is 0 Å². The molecule has 21 heavy (non-hydrogen) atoms. The lowest BCUT2D eigenvalue weighted by molar-refractivity contribution is 0.0696. The minimum atomic E-state index is -3.97. The predicted octanol–water partition coefficient (Wildman–Crippen LogP) is 2.35. The van der Waals surface area contributed by atoms with Gasteiger partial charge < -0.3 is 5.11 Å². The number of benzene rings is 1. The fourth-order valence-corrected chi connectivity index (χ4v) is 3.92. The summed E-state index contributed by atoms with van der Waals surface area (Å²) in [7, 11) is -3.97. The van der Waals surface area contributed by atoms with Gasteiger partial charge >= 0.3 is 5.97 Å². The SMILES string of the molecule is CC(C)N(CCC#N)S(=O)(=O)c1cc(C(=O)O)ccc1Cl. The molecule has 0 bridgehead atoms. The number of rotatable bonds is 6. The highest BCUT2D eigenvalue weighted by Gasteiger charge is 2.29. The van der Waals surface area contributed by atoms with Crippen LogP contribution in [0.2, 0.25) is 5.02 Å². The molecule has 1 aromatic rings. The summed E-state index contributed by atoms with van der Waals surface area (Å²) < 4.78 is 26.4. The molecular weight excluding hydrogens is 316 g/mol. The topological polar surface area (TPSA) is 98.5 Å². The standard InChI is InChI=1S/C13H15ClN2O4S/c1-9(2)16(7-3-6-15)21(19,20)12-8-10(13(17)18)4-5-11(12)14/h4-5,8-9H,3,7H2,1-2H3,(H,17,18). The highest BCUT2D eigenvalue weighted by Crippen LogP contribution is 2.27. The van der Waals surface area contributed by atoms with Gasteiger partial charge in [-0.05, 0) is 32.0 Å². The van der Waals surface area contributed by atoms with Crippen molar-refractivity contribution in [2.75, 3.05) is 6.54 Å². The van der Waals surface area contributed by atoms with E-state index in [1.807, 2.05) is 6.07 Å². The Morgan fingerprint density at radius 1 is 1.48 bits per heavy atom. The summed E-state index contributed by atoms with van der Waals surface area (Å²) >= 11 is 5.90. The average molecular weight is 331 g/mol. The van der Waals surface area contributed by atoms with Crippen molar-refractivity contribution in [2.45, 2.75) is 31.2 Å². The Labute approximate surface area is 128 Å². The van der Waals surface area contributed by atoms with Crippen LogP contribution in [0, 0.1) is 11.3 Å². The lowest BCUT2D eigenvalue weighted by Crippen LogP contribution is -2.37. The van der Waals surface area contributed by atoms with Crippen LogP contribution >= 0.6 is 11.6 Å². The zero-order valence-electron chi connectivity index (χ0n) is 11.6. The first kappa shape index (κ1) is 17.4. The third kappa shape index (κ3) is 3.94. The maximum atomic E-state index is 12.6. The van der Waals surface area contributed by atoms with E-state index in [0.29, 0.717) is 0 Å². The van der Waals surface area contributed by atoms with Crippen LogP contribution in [-0.4, -0.2) is 36.4 Å². The lowest BCUT2D eigenvalue weighted by atomic mass is 10.2. The molecule has 0 spiro atoms. The molecule has 0 unspecified atom stereocenters. The molecule has 6 nitrogen and oxygen atoms in total. The molecule has 0 fully saturated rings. The van der Waals surface area contributed by atoms with E-state index in [1.165, 1.54) is 12.1 Å². The van der Waals surface area contributed by atoms with E-state index in [0.717, 1.165) is 10.4 Å². The number of aromatic carboxylic acids is 1. The van der Waals surface area contributed by atoms with Gasteiger partial charge in [0.05, 0.1) is 16.7 Å². The Kier molecular flexibility index (Phi) is 5.72. The number of nitrogens with zero attached hydrogens (tertiary/aromatic N) is 2. The second kappa shape index (κ2) is 6.89. The van der Waals surface area contributed by atoms with E-state index < -0.39 is 16.0 Å². The molecule has 0 atom stereocenters. The molecule has 8 heteroatoms. The number of hydrogen-bond donors (Lipinski definition) is 1. The molecule has 1 N–H and O–H groups in total. The van der Waals surface area contributed by atoms with E-state index in [1.54, 1.807) is 13.8 Å². The van der Waals surface area contributed by atoms with Crippen molar-refractivity contribution in [1.82, 2.24) is 4.31 Å². The maximum Gasteiger partial charge on any atom is 0.335 e. The third-order valence-corrected chi connectivity index (χ3v) is 5.34. The second-order valence-corrected chi connectivity index (χ2v) is 6.83. The monoisotopic (exact) mass is 330 g/mol. The number of hydrogen-bond acceptors (Lipinski definition) is 4. The van der Waals surface area contributed by atoms with Gasteiger partial charge in [-0.25, -0.2) is 13.2 Å². The summed E-state index contributed by atoms with van der Waals surface area (Å²) in [5, 5.41) is 17.5. The van der Waals surface area contributed by atoms with Crippen molar-refractivity contribution in [3.05, 3.63) is 28.8 Å². The van der Waals surface area contributed by atoms with Crippen molar-refractivity contribution in [3.8, 4) is 6.07 Å². The van der Waals surface area contributed by atoms with E-state index >= 15 is 0 Å². The first-order valence-corrected chi connectivity index (χ1v) is 7.95. The Hall–Kier alpha value is -1.62. The van der Waals surface area contributed by atoms with Crippen molar-refractivity contribution in [3.63, 3.8) is 0 Å². The molecule has 1 rings (SSSR count). The summed E-state index contributed by atoms with van der Waals surface area (Å²) in [4.78, 5) is 10.7. The molecule has 0 aliphatic carbocycles. The molecule has 0 amide bonds. The second-order valence-electron chi connectivity index (χ2n) is 4.57. The van der Waals surface area contributed by atoms with E-state index in [9.17, 15) is 13.2 Å². The quantitative estimate of drug-likeness (QED) is 0.863. The Morgan fingerprint density at radius 2 is 2.10 bits per heavy atom. The number of carboxylic acids is 1. The highest BCUT2D eigenvalue weighted by atomic mass is 35.5. The number of carbonyl (C=O) groups is 1.